The van der Waals surface area contributed by atoms with Crippen LogP contribution in [-0.4, -0.2) is 49.6 Å². The highest BCUT2D eigenvalue weighted by Crippen LogP contribution is 2.22. The molecule has 2 rings (SSSR count). The third-order valence-electron chi connectivity index (χ3n) is 3.76. The normalized spacial score (nSPS) is 21.5. The summed E-state index contributed by atoms with van der Waals surface area (Å²) in [5.74, 6) is -0.516. The molecule has 0 saturated carbocycles. The molecule has 0 radical (unpaired) electrons. The van der Waals surface area contributed by atoms with E-state index in [9.17, 15) is 9.59 Å². The first-order chi connectivity index (χ1) is 9.98. The summed E-state index contributed by atoms with van der Waals surface area (Å²) in [6.45, 7) is 2.62. The van der Waals surface area contributed by atoms with Gasteiger partial charge in [0.05, 0.1) is 13.2 Å². The van der Waals surface area contributed by atoms with Crippen molar-refractivity contribution in [2.75, 3.05) is 26.8 Å². The predicted molar refractivity (Wildman–Crippen MR) is 78.4 cm³/mol. The maximum Gasteiger partial charge on any atom is 0.247 e. The van der Waals surface area contributed by atoms with Crippen LogP contribution in [0.15, 0.2) is 30.3 Å². The van der Waals surface area contributed by atoms with Crippen LogP contribution in [0, 0.1) is 0 Å². The van der Waals surface area contributed by atoms with Crippen molar-refractivity contribution < 1.29 is 14.3 Å². The van der Waals surface area contributed by atoms with Crippen LogP contribution >= 0.6 is 0 Å². The van der Waals surface area contributed by atoms with Crippen molar-refractivity contribution in [3.05, 3.63) is 35.9 Å². The van der Waals surface area contributed by atoms with Crippen molar-refractivity contribution in [3.8, 4) is 0 Å². The van der Waals surface area contributed by atoms with Crippen molar-refractivity contribution in [1.29, 1.82) is 0 Å². The van der Waals surface area contributed by atoms with Gasteiger partial charge in [-0.15, -0.1) is 0 Å². The molecule has 6 heteroatoms. The molecular weight excluding hydrogens is 270 g/mol. The second-order valence-electron chi connectivity index (χ2n) is 5.27. The van der Waals surface area contributed by atoms with Crippen molar-refractivity contribution in [2.24, 2.45) is 5.73 Å². The predicted octanol–water partition coefficient (Wildman–Crippen LogP) is -0.166. The van der Waals surface area contributed by atoms with Crippen LogP contribution in [0.25, 0.3) is 0 Å². The number of rotatable bonds is 3. The molecule has 0 aliphatic carbocycles. The maximum absolute atomic E-state index is 12.8. The van der Waals surface area contributed by atoms with Crippen LogP contribution in [0.5, 0.6) is 0 Å². The maximum atomic E-state index is 12.8. The molecule has 2 unspecified atom stereocenters. The van der Waals surface area contributed by atoms with Gasteiger partial charge in [0.25, 0.3) is 0 Å². The van der Waals surface area contributed by atoms with Gasteiger partial charge in [-0.05, 0) is 12.5 Å². The van der Waals surface area contributed by atoms with Gasteiger partial charge in [-0.1, -0.05) is 30.3 Å². The lowest BCUT2D eigenvalue weighted by atomic mass is 9.91. The average Bonchev–Trinajstić information content (AvgIpc) is 2.54. The number of nitrogens with one attached hydrogen (secondary N) is 1. The first-order valence-electron chi connectivity index (χ1n) is 6.93. The highest BCUT2D eigenvalue weighted by atomic mass is 16.5. The molecule has 1 heterocycles. The van der Waals surface area contributed by atoms with E-state index in [0.717, 1.165) is 5.56 Å². The van der Waals surface area contributed by atoms with E-state index in [1.165, 1.54) is 4.90 Å². The fourth-order valence-electron chi connectivity index (χ4n) is 2.44. The van der Waals surface area contributed by atoms with Gasteiger partial charge in [-0.3, -0.25) is 9.59 Å². The molecule has 2 amide bonds. The van der Waals surface area contributed by atoms with E-state index in [0.29, 0.717) is 13.2 Å². The number of carbonyl (C=O) groups is 2. The number of hydrogen-bond acceptors (Lipinski definition) is 4. The van der Waals surface area contributed by atoms with Crippen LogP contribution < -0.4 is 11.1 Å². The number of carbonyl (C=O) groups excluding carboxylic acids is 2. The third-order valence-corrected chi connectivity index (χ3v) is 3.76. The standard InChI is InChI=1S/C15H21N3O3/c1-15(16,11-6-4-3-5-7-11)14(20)18-8-9-21-10-12(18)13(19)17-2/h3-7,12H,8-10,16H2,1-2H3,(H,17,19). The lowest BCUT2D eigenvalue weighted by Crippen LogP contribution is -2.61. The molecule has 3 N–H and O–H groups in total. The molecule has 21 heavy (non-hydrogen) atoms. The summed E-state index contributed by atoms with van der Waals surface area (Å²) in [6, 6.07) is 8.53. The molecule has 1 aromatic rings. The Bertz CT molecular complexity index is 516. The van der Waals surface area contributed by atoms with Gasteiger partial charge in [0.15, 0.2) is 0 Å². The monoisotopic (exact) mass is 291 g/mol. The van der Waals surface area contributed by atoms with Gasteiger partial charge >= 0.3 is 0 Å². The number of benzene rings is 1. The van der Waals surface area contributed by atoms with Gasteiger partial charge in [0, 0.05) is 13.6 Å². The van der Waals surface area contributed by atoms with Gasteiger partial charge in [0.1, 0.15) is 11.6 Å². The van der Waals surface area contributed by atoms with E-state index in [2.05, 4.69) is 5.32 Å². The Morgan fingerprint density at radius 3 is 2.67 bits per heavy atom. The van der Waals surface area contributed by atoms with Gasteiger partial charge in [0.2, 0.25) is 11.8 Å². The van der Waals surface area contributed by atoms with Crippen LogP contribution in [0.2, 0.25) is 0 Å². The summed E-state index contributed by atoms with van der Waals surface area (Å²) >= 11 is 0. The first-order valence-corrected chi connectivity index (χ1v) is 6.93. The molecule has 0 bridgehead atoms. The average molecular weight is 291 g/mol. The van der Waals surface area contributed by atoms with Crippen molar-refractivity contribution in [3.63, 3.8) is 0 Å². The zero-order valence-corrected chi connectivity index (χ0v) is 12.3. The third kappa shape index (κ3) is 3.06. The summed E-state index contributed by atoms with van der Waals surface area (Å²) in [7, 11) is 1.54. The lowest BCUT2D eigenvalue weighted by Gasteiger charge is -2.39. The Morgan fingerprint density at radius 1 is 1.38 bits per heavy atom. The van der Waals surface area contributed by atoms with E-state index in [-0.39, 0.29) is 18.4 Å². The summed E-state index contributed by atoms with van der Waals surface area (Å²) in [5, 5.41) is 2.56. The second-order valence-corrected chi connectivity index (χ2v) is 5.27. The largest absolute Gasteiger partial charge is 0.377 e. The Labute approximate surface area is 124 Å². The molecule has 2 atom stereocenters. The Kier molecular flexibility index (Phi) is 4.59. The molecule has 114 valence electrons. The van der Waals surface area contributed by atoms with Gasteiger partial charge < -0.3 is 20.7 Å². The number of morpholine rings is 1. The molecule has 1 saturated heterocycles. The molecule has 6 nitrogen and oxygen atoms in total. The molecule has 0 spiro atoms. The Hall–Kier alpha value is -1.92. The van der Waals surface area contributed by atoms with E-state index in [4.69, 9.17) is 10.5 Å². The molecule has 0 aromatic heterocycles. The van der Waals surface area contributed by atoms with Gasteiger partial charge in [-0.2, -0.15) is 0 Å². The molecule has 1 aliphatic rings. The number of hydrogen-bond donors (Lipinski definition) is 2. The highest BCUT2D eigenvalue weighted by molar-refractivity contribution is 5.92. The lowest BCUT2D eigenvalue weighted by molar-refractivity contribution is -0.152. The number of nitrogens with two attached hydrogens (primary N) is 1. The second kappa shape index (κ2) is 6.24. The number of ether oxygens (including phenoxy) is 1. The SMILES string of the molecule is CNC(=O)C1COCCN1C(=O)C(C)(N)c1ccccc1. The van der Waals surface area contributed by atoms with E-state index in [1.54, 1.807) is 14.0 Å². The number of nitrogens with zero attached hydrogens (tertiary/aromatic N) is 1. The zero-order chi connectivity index (χ0) is 15.5. The van der Waals surface area contributed by atoms with E-state index in [1.807, 2.05) is 30.3 Å². The van der Waals surface area contributed by atoms with Gasteiger partial charge in [-0.25, -0.2) is 0 Å². The smallest absolute Gasteiger partial charge is 0.247 e. The van der Waals surface area contributed by atoms with E-state index < -0.39 is 11.6 Å². The fourth-order valence-corrected chi connectivity index (χ4v) is 2.44. The Balaban J connectivity index is 2.26. The molecule has 1 aromatic carbocycles. The first kappa shape index (κ1) is 15.5. The van der Waals surface area contributed by atoms with Crippen LogP contribution in [0.4, 0.5) is 0 Å². The van der Waals surface area contributed by atoms with Crippen molar-refractivity contribution in [2.45, 2.75) is 18.5 Å². The fraction of sp³-hybridized carbons (Fsp3) is 0.467. The summed E-state index contributed by atoms with van der Waals surface area (Å²) < 4.78 is 5.31. The Morgan fingerprint density at radius 2 is 2.05 bits per heavy atom. The summed E-state index contributed by atoms with van der Waals surface area (Å²) in [5.41, 5.74) is 5.80. The summed E-state index contributed by atoms with van der Waals surface area (Å²) in [4.78, 5) is 26.2. The van der Waals surface area contributed by atoms with Crippen LogP contribution in [0.3, 0.4) is 0 Å². The minimum absolute atomic E-state index is 0.191. The van der Waals surface area contributed by atoms with Crippen molar-refractivity contribution in [1.82, 2.24) is 10.2 Å². The zero-order valence-electron chi connectivity index (χ0n) is 12.3. The highest BCUT2D eigenvalue weighted by Gasteiger charge is 2.40. The van der Waals surface area contributed by atoms with Crippen LogP contribution in [-0.2, 0) is 19.9 Å². The topological polar surface area (TPSA) is 84.7 Å². The summed E-state index contributed by atoms with van der Waals surface area (Å²) in [6.07, 6.45) is 0. The minimum atomic E-state index is -1.18. The van der Waals surface area contributed by atoms with Crippen LogP contribution in [0.1, 0.15) is 12.5 Å². The molecule has 1 aliphatic heterocycles. The van der Waals surface area contributed by atoms with E-state index >= 15 is 0 Å². The quantitative estimate of drug-likeness (QED) is 0.810. The van der Waals surface area contributed by atoms with Crippen molar-refractivity contribution >= 4 is 11.8 Å². The molecule has 1 fully saturated rings. The minimum Gasteiger partial charge on any atom is -0.377 e. The molecular formula is C15H21N3O3. The number of amides is 2. The number of likely N-dealkylation sites (N-methyl/N-ethyl adjacent to an activating group) is 1.